The topological polar surface area (TPSA) is 63.2 Å². The number of hydrogen-bond donors (Lipinski definition) is 1. The van der Waals surface area contributed by atoms with E-state index in [-0.39, 0.29) is 0 Å². The smallest absolute Gasteiger partial charge is 0.316 e. The third-order valence-corrected chi connectivity index (χ3v) is 2.17. The van der Waals surface area contributed by atoms with Crippen LogP contribution in [-0.2, 0) is 9.84 Å². The van der Waals surface area contributed by atoms with Crippen molar-refractivity contribution in [2.75, 3.05) is 0 Å². The molecule has 1 N–H and O–H groups in total. The van der Waals surface area contributed by atoms with Gasteiger partial charge in [0.25, 0.3) is 9.84 Å². The Morgan fingerprint density at radius 2 is 2.11 bits per heavy atom. The minimum atomic E-state index is -3.59. The molecule has 0 saturated heterocycles. The van der Waals surface area contributed by atoms with Gasteiger partial charge in [-0.2, -0.15) is 0 Å². The van der Waals surface area contributed by atoms with Gasteiger partial charge in [0.05, 0.1) is 5.41 Å². The van der Waals surface area contributed by atoms with Crippen molar-refractivity contribution in [3.05, 3.63) is 11.1 Å². The predicted octanol–water partition coefficient (Wildman–Crippen LogP) is -0.0143. The summed E-state index contributed by atoms with van der Waals surface area (Å²) in [6.07, 6.45) is 0. The summed E-state index contributed by atoms with van der Waals surface area (Å²) in [6.45, 7) is 1.52. The summed E-state index contributed by atoms with van der Waals surface area (Å²) in [6, 6.07) is 0. The van der Waals surface area contributed by atoms with Gasteiger partial charge in [-0.1, -0.05) is 0 Å². The molecule has 0 spiro atoms. The highest BCUT2D eigenvalue weighted by molar-refractivity contribution is 8.08. The van der Waals surface area contributed by atoms with Gasteiger partial charge in [0.15, 0.2) is 0 Å². The molecule has 1 heterocycles. The third-order valence-electron chi connectivity index (χ3n) is 0.890. The summed E-state index contributed by atoms with van der Waals surface area (Å²) in [7, 11) is -3.59. The molecule has 0 aromatic rings. The average Bonchev–Trinajstić information content (AvgIpc) is 1.79. The van der Waals surface area contributed by atoms with Crippen LogP contribution in [0.2, 0.25) is 0 Å². The number of amides is 1. The van der Waals surface area contributed by atoms with E-state index in [0.717, 1.165) is 5.41 Å². The van der Waals surface area contributed by atoms with Crippen LogP contribution in [-0.4, -0.2) is 13.7 Å². The molecular weight excluding hydrogens is 142 g/mol. The second-order valence-electron chi connectivity index (χ2n) is 1.76. The van der Waals surface area contributed by atoms with Gasteiger partial charge in [-0.3, -0.25) is 4.79 Å². The maximum absolute atomic E-state index is 10.5. The van der Waals surface area contributed by atoms with Crippen LogP contribution in [0.5, 0.6) is 0 Å². The lowest BCUT2D eigenvalue weighted by Crippen LogP contribution is -2.18. The van der Waals surface area contributed by atoms with Crippen LogP contribution in [0.15, 0.2) is 11.1 Å². The van der Waals surface area contributed by atoms with Crippen molar-refractivity contribution < 1.29 is 13.2 Å². The minimum Gasteiger partial charge on any atom is -0.316 e. The second kappa shape index (κ2) is 1.57. The van der Waals surface area contributed by atoms with Crippen molar-refractivity contribution in [2.24, 2.45) is 0 Å². The molecule has 0 aromatic heterocycles. The standard InChI is InChI=1S/C4H5NO3S/c1-3-2-9(7,8)4(6)5-3/h2H,1H3,(H,5,6). The van der Waals surface area contributed by atoms with Crippen LogP contribution >= 0.6 is 0 Å². The first-order chi connectivity index (χ1) is 4.02. The molecule has 1 amide bonds. The fourth-order valence-electron chi connectivity index (χ4n) is 0.548. The van der Waals surface area contributed by atoms with Gasteiger partial charge in [-0.05, 0) is 6.92 Å². The van der Waals surface area contributed by atoms with Gasteiger partial charge in [-0.15, -0.1) is 0 Å². The number of hydrogen-bond acceptors (Lipinski definition) is 3. The summed E-state index contributed by atoms with van der Waals surface area (Å²) in [5, 5.41) is 2.12. The molecule has 0 saturated carbocycles. The monoisotopic (exact) mass is 147 g/mol. The number of carbonyl (C=O) groups excluding carboxylic acids is 1. The number of allylic oxidation sites excluding steroid dienone is 1. The Labute approximate surface area is 52.5 Å². The van der Waals surface area contributed by atoms with E-state index in [1.54, 1.807) is 0 Å². The zero-order chi connectivity index (χ0) is 7.07. The average molecular weight is 147 g/mol. The molecule has 0 bridgehead atoms. The van der Waals surface area contributed by atoms with Gasteiger partial charge in [0, 0.05) is 5.70 Å². The Morgan fingerprint density at radius 1 is 1.56 bits per heavy atom. The van der Waals surface area contributed by atoms with Crippen LogP contribution < -0.4 is 5.32 Å². The Balaban J connectivity index is 3.19. The third kappa shape index (κ3) is 0.951. The van der Waals surface area contributed by atoms with Gasteiger partial charge in [0.1, 0.15) is 0 Å². The molecule has 1 aliphatic rings. The lowest BCUT2D eigenvalue weighted by molar-refractivity contribution is 0.261. The fraction of sp³-hybridized carbons (Fsp3) is 0.250. The molecule has 1 rings (SSSR count). The summed E-state index contributed by atoms with van der Waals surface area (Å²) < 4.78 is 21.0. The maximum atomic E-state index is 10.5. The van der Waals surface area contributed by atoms with Crippen LogP contribution in [0, 0.1) is 0 Å². The van der Waals surface area contributed by atoms with E-state index in [4.69, 9.17) is 0 Å². The zero-order valence-electron chi connectivity index (χ0n) is 4.71. The molecule has 0 aliphatic carbocycles. The fourth-order valence-corrected chi connectivity index (χ4v) is 1.48. The number of nitrogens with one attached hydrogen (secondary N) is 1. The van der Waals surface area contributed by atoms with Crippen molar-refractivity contribution in [1.82, 2.24) is 5.32 Å². The van der Waals surface area contributed by atoms with E-state index in [1.165, 1.54) is 6.92 Å². The van der Waals surface area contributed by atoms with E-state index in [2.05, 4.69) is 5.32 Å². The lowest BCUT2D eigenvalue weighted by Gasteiger charge is -1.86. The lowest BCUT2D eigenvalue weighted by atomic mass is 10.6. The van der Waals surface area contributed by atoms with Crippen molar-refractivity contribution in [1.29, 1.82) is 0 Å². The predicted molar refractivity (Wildman–Crippen MR) is 31.2 cm³/mol. The number of sulfone groups is 1. The quantitative estimate of drug-likeness (QED) is 0.524. The normalized spacial score (nSPS) is 23.2. The van der Waals surface area contributed by atoms with E-state index in [9.17, 15) is 13.2 Å². The van der Waals surface area contributed by atoms with Crippen molar-refractivity contribution in [2.45, 2.75) is 6.92 Å². The Morgan fingerprint density at radius 3 is 2.22 bits per heavy atom. The number of carbonyl (C=O) groups is 1. The first-order valence-electron chi connectivity index (χ1n) is 2.27. The summed E-state index contributed by atoms with van der Waals surface area (Å²) in [5.74, 6) is 0. The van der Waals surface area contributed by atoms with Crippen LogP contribution in [0.4, 0.5) is 4.79 Å². The molecule has 0 radical (unpaired) electrons. The Kier molecular flexibility index (Phi) is 1.10. The van der Waals surface area contributed by atoms with E-state index in [0.29, 0.717) is 5.70 Å². The van der Waals surface area contributed by atoms with Crippen molar-refractivity contribution in [3.8, 4) is 0 Å². The van der Waals surface area contributed by atoms with Crippen LogP contribution in [0.3, 0.4) is 0 Å². The van der Waals surface area contributed by atoms with E-state index >= 15 is 0 Å². The van der Waals surface area contributed by atoms with Gasteiger partial charge < -0.3 is 5.32 Å². The van der Waals surface area contributed by atoms with Gasteiger partial charge in [0.2, 0.25) is 0 Å². The first kappa shape index (κ1) is 6.28. The summed E-state index contributed by atoms with van der Waals surface area (Å²) in [4.78, 5) is 10.4. The second-order valence-corrected chi connectivity index (χ2v) is 3.45. The van der Waals surface area contributed by atoms with Gasteiger partial charge >= 0.3 is 5.24 Å². The van der Waals surface area contributed by atoms with Crippen LogP contribution in [0.1, 0.15) is 6.92 Å². The molecule has 0 fully saturated rings. The van der Waals surface area contributed by atoms with Crippen LogP contribution in [0.25, 0.3) is 0 Å². The maximum Gasteiger partial charge on any atom is 0.344 e. The highest BCUT2D eigenvalue weighted by Crippen LogP contribution is 2.06. The first-order valence-corrected chi connectivity index (χ1v) is 3.81. The molecule has 0 unspecified atom stereocenters. The minimum absolute atomic E-state index is 0.375. The molecule has 50 valence electrons. The van der Waals surface area contributed by atoms with Gasteiger partial charge in [-0.25, -0.2) is 8.42 Å². The zero-order valence-corrected chi connectivity index (χ0v) is 5.53. The molecule has 1 aliphatic heterocycles. The Hall–Kier alpha value is -0.840. The molecule has 9 heavy (non-hydrogen) atoms. The number of rotatable bonds is 0. The summed E-state index contributed by atoms with van der Waals surface area (Å²) in [5.41, 5.74) is 0.375. The van der Waals surface area contributed by atoms with Crippen molar-refractivity contribution >= 4 is 15.1 Å². The molecule has 0 aromatic carbocycles. The highest BCUT2D eigenvalue weighted by Gasteiger charge is 2.25. The SMILES string of the molecule is CC1=CS(=O)(=O)C(=O)N1. The van der Waals surface area contributed by atoms with E-state index < -0.39 is 15.1 Å². The molecular formula is C4H5NO3S. The Bertz CT molecular complexity index is 274. The highest BCUT2D eigenvalue weighted by atomic mass is 32.2. The van der Waals surface area contributed by atoms with E-state index in [1.807, 2.05) is 0 Å². The van der Waals surface area contributed by atoms with Crippen molar-refractivity contribution in [3.63, 3.8) is 0 Å². The molecule has 4 nitrogen and oxygen atoms in total. The summed E-state index contributed by atoms with van der Waals surface area (Å²) >= 11 is 0. The molecule has 0 atom stereocenters. The molecule has 5 heteroatoms. The largest absolute Gasteiger partial charge is 0.344 e.